The van der Waals surface area contributed by atoms with Crippen molar-refractivity contribution in [3.8, 4) is 0 Å². The van der Waals surface area contributed by atoms with Gasteiger partial charge in [0.05, 0.1) is 12.4 Å². The fourth-order valence-electron chi connectivity index (χ4n) is 0.567. The number of hydrogen-bond acceptors (Lipinski definition) is 1. The van der Waals surface area contributed by atoms with E-state index in [1.165, 1.54) is 0 Å². The van der Waals surface area contributed by atoms with E-state index >= 15 is 0 Å². The highest BCUT2D eigenvalue weighted by molar-refractivity contribution is 4.97. The van der Waals surface area contributed by atoms with Crippen LogP contribution in [0.3, 0.4) is 0 Å². The van der Waals surface area contributed by atoms with Gasteiger partial charge in [-0.1, -0.05) is 27.4 Å². The second-order valence-corrected chi connectivity index (χ2v) is 3.09. The Kier molecular flexibility index (Phi) is 3.48. The van der Waals surface area contributed by atoms with E-state index in [0.29, 0.717) is 0 Å². The lowest BCUT2D eigenvalue weighted by Gasteiger charge is -2.24. The zero-order chi connectivity index (χ0) is 8.20. The van der Waals surface area contributed by atoms with Gasteiger partial charge in [-0.05, 0) is 13.3 Å². The fraction of sp³-hybridized carbons (Fsp3) is 0.778. The molecule has 0 aliphatic carbocycles. The predicted octanol–water partition coefficient (Wildman–Crippen LogP) is 2.97. The van der Waals surface area contributed by atoms with Crippen LogP contribution in [0.4, 0.5) is 0 Å². The molecule has 0 spiro atoms. The average Bonchev–Trinajstić information content (AvgIpc) is 1.89. The predicted molar refractivity (Wildman–Crippen MR) is 44.8 cm³/mol. The van der Waals surface area contributed by atoms with Gasteiger partial charge in [-0.3, -0.25) is 0 Å². The Morgan fingerprint density at radius 3 is 2.20 bits per heavy atom. The van der Waals surface area contributed by atoms with Gasteiger partial charge < -0.3 is 4.74 Å². The third-order valence-electron chi connectivity index (χ3n) is 1.96. The van der Waals surface area contributed by atoms with E-state index < -0.39 is 0 Å². The Balaban J connectivity index is 3.91. The first-order chi connectivity index (χ1) is 4.54. The van der Waals surface area contributed by atoms with Gasteiger partial charge in [-0.25, -0.2) is 0 Å². The highest BCUT2D eigenvalue weighted by atomic mass is 16.5. The molecule has 0 amide bonds. The summed E-state index contributed by atoms with van der Waals surface area (Å²) in [6, 6.07) is 0. The smallest absolute Gasteiger partial charge is 0.0943 e. The average molecular weight is 142 g/mol. The summed E-state index contributed by atoms with van der Waals surface area (Å²) in [5, 5.41) is 0. The first kappa shape index (κ1) is 9.54. The van der Waals surface area contributed by atoms with Crippen LogP contribution in [0, 0.1) is 5.41 Å². The molecule has 0 aromatic rings. The van der Waals surface area contributed by atoms with E-state index in [2.05, 4.69) is 27.4 Å². The van der Waals surface area contributed by atoms with Gasteiger partial charge in [0.1, 0.15) is 0 Å². The molecule has 0 aromatic carbocycles. The Morgan fingerprint density at radius 1 is 1.40 bits per heavy atom. The molecular weight excluding hydrogens is 124 g/mol. The normalized spacial score (nSPS) is 11.2. The van der Waals surface area contributed by atoms with Gasteiger partial charge in [0, 0.05) is 5.41 Å². The Hall–Kier alpha value is -0.460. The van der Waals surface area contributed by atoms with Crippen molar-refractivity contribution in [2.75, 3.05) is 6.61 Å². The summed E-state index contributed by atoms with van der Waals surface area (Å²) in [6.45, 7) is 13.0. The Bertz CT molecular complexity index is 114. The molecule has 0 rings (SSSR count). The van der Waals surface area contributed by atoms with Crippen molar-refractivity contribution in [3.63, 3.8) is 0 Å². The molecule has 0 aromatic heterocycles. The van der Waals surface area contributed by atoms with E-state index in [9.17, 15) is 0 Å². The molecule has 60 valence electrons. The van der Waals surface area contributed by atoms with Gasteiger partial charge in [-0.15, -0.1) is 0 Å². The summed E-state index contributed by atoms with van der Waals surface area (Å²) in [4.78, 5) is 0. The lowest BCUT2D eigenvalue weighted by Crippen LogP contribution is -2.14. The molecule has 1 nitrogen and oxygen atoms in total. The van der Waals surface area contributed by atoms with E-state index in [0.717, 1.165) is 18.8 Å². The molecule has 0 radical (unpaired) electrons. The van der Waals surface area contributed by atoms with Crippen LogP contribution in [0.2, 0.25) is 0 Å². The van der Waals surface area contributed by atoms with Crippen molar-refractivity contribution in [3.05, 3.63) is 12.3 Å². The number of allylic oxidation sites excluding steroid dienone is 1. The zero-order valence-corrected chi connectivity index (χ0v) is 7.53. The highest BCUT2D eigenvalue weighted by Gasteiger charge is 2.19. The Labute approximate surface area is 64.1 Å². The van der Waals surface area contributed by atoms with Crippen LogP contribution in [-0.4, -0.2) is 6.61 Å². The second kappa shape index (κ2) is 3.65. The van der Waals surface area contributed by atoms with E-state index in [4.69, 9.17) is 4.74 Å². The maximum Gasteiger partial charge on any atom is 0.0943 e. The summed E-state index contributed by atoms with van der Waals surface area (Å²) >= 11 is 0. The summed E-state index contributed by atoms with van der Waals surface area (Å²) < 4.78 is 5.30. The molecule has 0 N–H and O–H groups in total. The second-order valence-electron chi connectivity index (χ2n) is 3.09. The van der Waals surface area contributed by atoms with E-state index in [1.54, 1.807) is 0 Å². The van der Waals surface area contributed by atoms with Gasteiger partial charge in [0.25, 0.3) is 0 Å². The molecular formula is C9H18O. The molecule has 0 heterocycles. The molecule has 0 aliphatic heterocycles. The van der Waals surface area contributed by atoms with Crippen molar-refractivity contribution < 1.29 is 4.74 Å². The molecule has 0 bridgehead atoms. The maximum absolute atomic E-state index is 5.30. The first-order valence-corrected chi connectivity index (χ1v) is 3.86. The van der Waals surface area contributed by atoms with Crippen LogP contribution in [-0.2, 0) is 4.74 Å². The van der Waals surface area contributed by atoms with Crippen LogP contribution in [0.5, 0.6) is 0 Å². The lowest BCUT2D eigenvalue weighted by molar-refractivity contribution is 0.153. The minimum absolute atomic E-state index is 0.135. The Morgan fingerprint density at radius 2 is 1.90 bits per heavy atom. The summed E-state index contributed by atoms with van der Waals surface area (Å²) in [5.41, 5.74) is 0.135. The van der Waals surface area contributed by atoms with Crippen LogP contribution in [0.25, 0.3) is 0 Å². The minimum Gasteiger partial charge on any atom is -0.498 e. The standard InChI is InChI=1S/C9H18O/c1-6-9(4,5)8(3)10-7-2/h3,6-7H2,1-2,4-5H3. The van der Waals surface area contributed by atoms with Crippen molar-refractivity contribution in [1.82, 2.24) is 0 Å². The summed E-state index contributed by atoms with van der Waals surface area (Å²) in [5.74, 6) is 0.900. The maximum atomic E-state index is 5.30. The molecule has 0 aliphatic rings. The van der Waals surface area contributed by atoms with Crippen LogP contribution >= 0.6 is 0 Å². The topological polar surface area (TPSA) is 9.23 Å². The molecule has 0 fully saturated rings. The largest absolute Gasteiger partial charge is 0.498 e. The lowest BCUT2D eigenvalue weighted by atomic mass is 9.88. The minimum atomic E-state index is 0.135. The monoisotopic (exact) mass is 142 g/mol. The van der Waals surface area contributed by atoms with E-state index in [1.807, 2.05) is 6.92 Å². The van der Waals surface area contributed by atoms with Gasteiger partial charge in [0.15, 0.2) is 0 Å². The number of rotatable bonds is 4. The first-order valence-electron chi connectivity index (χ1n) is 3.86. The van der Waals surface area contributed by atoms with Crippen molar-refractivity contribution in [2.24, 2.45) is 5.41 Å². The molecule has 0 saturated heterocycles. The van der Waals surface area contributed by atoms with Crippen molar-refractivity contribution in [1.29, 1.82) is 0 Å². The van der Waals surface area contributed by atoms with Crippen molar-refractivity contribution in [2.45, 2.75) is 34.1 Å². The molecule has 10 heavy (non-hydrogen) atoms. The molecule has 1 heteroatoms. The molecule has 0 unspecified atom stereocenters. The van der Waals surface area contributed by atoms with Gasteiger partial charge in [0.2, 0.25) is 0 Å². The van der Waals surface area contributed by atoms with Crippen molar-refractivity contribution >= 4 is 0 Å². The number of hydrogen-bond donors (Lipinski definition) is 0. The highest BCUT2D eigenvalue weighted by Crippen LogP contribution is 2.28. The summed E-state index contributed by atoms with van der Waals surface area (Å²) in [6.07, 6.45) is 1.08. The van der Waals surface area contributed by atoms with Gasteiger partial charge in [-0.2, -0.15) is 0 Å². The van der Waals surface area contributed by atoms with Crippen LogP contribution in [0.15, 0.2) is 12.3 Å². The molecule has 0 saturated carbocycles. The zero-order valence-electron chi connectivity index (χ0n) is 7.53. The summed E-state index contributed by atoms with van der Waals surface area (Å²) in [7, 11) is 0. The molecule has 0 atom stereocenters. The third kappa shape index (κ3) is 2.42. The number of ether oxygens (including phenoxy) is 1. The fourth-order valence-corrected chi connectivity index (χ4v) is 0.567. The van der Waals surface area contributed by atoms with E-state index in [-0.39, 0.29) is 5.41 Å². The SMILES string of the molecule is C=C(OCC)C(C)(C)CC. The van der Waals surface area contributed by atoms with Gasteiger partial charge >= 0.3 is 0 Å². The van der Waals surface area contributed by atoms with Crippen LogP contribution in [0.1, 0.15) is 34.1 Å². The third-order valence-corrected chi connectivity index (χ3v) is 1.96. The van der Waals surface area contributed by atoms with Crippen LogP contribution < -0.4 is 0 Å². The quantitative estimate of drug-likeness (QED) is 0.548.